The molecule has 2 aromatic rings. The summed E-state index contributed by atoms with van der Waals surface area (Å²) >= 11 is 0. The van der Waals surface area contributed by atoms with Crippen LogP contribution in [0, 0.1) is 10.1 Å². The zero-order valence-electron chi connectivity index (χ0n) is 19.4. The van der Waals surface area contributed by atoms with Crippen molar-refractivity contribution in [2.75, 3.05) is 46.5 Å². The molecule has 2 fully saturated rings. The number of aliphatic hydroxyl groups excluding tert-OH is 1. The van der Waals surface area contributed by atoms with Crippen molar-refractivity contribution in [1.82, 2.24) is 9.80 Å². The van der Waals surface area contributed by atoms with Gasteiger partial charge in [-0.3, -0.25) is 24.6 Å². The molecule has 10 nitrogen and oxygen atoms in total. The van der Waals surface area contributed by atoms with Crippen molar-refractivity contribution in [3.63, 3.8) is 0 Å². The summed E-state index contributed by atoms with van der Waals surface area (Å²) in [6.07, 6.45) is 0.598. The van der Waals surface area contributed by atoms with Gasteiger partial charge in [0.25, 0.3) is 17.4 Å². The highest BCUT2D eigenvalue weighted by molar-refractivity contribution is 6.46. The second-order valence-electron chi connectivity index (χ2n) is 8.38. The first-order valence-electron chi connectivity index (χ1n) is 11.4. The van der Waals surface area contributed by atoms with Crippen molar-refractivity contribution in [3.05, 3.63) is 75.3 Å². The summed E-state index contributed by atoms with van der Waals surface area (Å²) in [5.74, 6) is -1.32. The molecule has 1 N–H and O–H groups in total. The zero-order chi connectivity index (χ0) is 24.9. The Hall–Kier alpha value is -3.76. The first-order valence-corrected chi connectivity index (χ1v) is 11.4. The minimum atomic E-state index is -0.943. The molecule has 2 heterocycles. The number of hydrogen-bond donors (Lipinski definition) is 1. The second kappa shape index (κ2) is 10.7. The number of benzene rings is 2. The molecule has 35 heavy (non-hydrogen) atoms. The van der Waals surface area contributed by atoms with E-state index in [9.17, 15) is 24.8 Å². The van der Waals surface area contributed by atoms with Crippen LogP contribution in [0.4, 0.5) is 5.69 Å². The minimum absolute atomic E-state index is 0.0907. The highest BCUT2D eigenvalue weighted by Gasteiger charge is 2.46. The standard InChI is InChI=1S/C25H27N3O7/c1-34-20-8-6-17(7-9-20)23(29)21-22(18-4-2-5-19(16-18)28(32)33)27(25(31)24(21)30)11-3-10-26-12-14-35-15-13-26/h2,4-9,16,22,29H,3,10-15H2,1H3/t22-/m1/s1. The molecule has 0 aliphatic carbocycles. The van der Waals surface area contributed by atoms with Crippen molar-refractivity contribution in [2.45, 2.75) is 12.5 Å². The predicted molar refractivity (Wildman–Crippen MR) is 127 cm³/mol. The van der Waals surface area contributed by atoms with Crippen molar-refractivity contribution < 1.29 is 29.1 Å². The van der Waals surface area contributed by atoms with E-state index in [0.29, 0.717) is 43.1 Å². The van der Waals surface area contributed by atoms with Crippen molar-refractivity contribution in [2.24, 2.45) is 0 Å². The maximum Gasteiger partial charge on any atom is 0.295 e. The number of hydrogen-bond acceptors (Lipinski definition) is 8. The van der Waals surface area contributed by atoms with Crippen LogP contribution in [-0.4, -0.2) is 78.0 Å². The molecule has 10 heteroatoms. The van der Waals surface area contributed by atoms with E-state index in [2.05, 4.69) is 4.90 Å². The quantitative estimate of drug-likeness (QED) is 0.201. The third kappa shape index (κ3) is 5.18. The van der Waals surface area contributed by atoms with Crippen LogP contribution in [0.1, 0.15) is 23.6 Å². The van der Waals surface area contributed by atoms with E-state index in [1.54, 1.807) is 30.3 Å². The van der Waals surface area contributed by atoms with Gasteiger partial charge in [-0.15, -0.1) is 0 Å². The molecule has 0 saturated carbocycles. The number of amides is 1. The topological polar surface area (TPSA) is 122 Å². The number of carbonyl (C=O) groups is 2. The van der Waals surface area contributed by atoms with Crippen LogP contribution >= 0.6 is 0 Å². The van der Waals surface area contributed by atoms with E-state index in [1.165, 1.54) is 30.2 Å². The van der Waals surface area contributed by atoms with E-state index in [4.69, 9.17) is 9.47 Å². The Bertz CT molecular complexity index is 1140. The van der Waals surface area contributed by atoms with Gasteiger partial charge < -0.3 is 19.5 Å². The number of morpholine rings is 1. The Kier molecular flexibility index (Phi) is 7.42. The maximum atomic E-state index is 13.1. The molecule has 4 rings (SSSR count). The zero-order valence-corrected chi connectivity index (χ0v) is 19.4. The fourth-order valence-corrected chi connectivity index (χ4v) is 4.46. The maximum absolute atomic E-state index is 13.1. The van der Waals surface area contributed by atoms with Crippen LogP contribution in [0.5, 0.6) is 5.75 Å². The molecule has 1 atom stereocenters. The molecule has 0 aromatic heterocycles. The highest BCUT2D eigenvalue weighted by atomic mass is 16.6. The fourth-order valence-electron chi connectivity index (χ4n) is 4.46. The van der Waals surface area contributed by atoms with Gasteiger partial charge in [0.05, 0.1) is 36.9 Å². The third-order valence-corrected chi connectivity index (χ3v) is 6.28. The Labute approximate surface area is 202 Å². The molecule has 0 unspecified atom stereocenters. The van der Waals surface area contributed by atoms with Crippen LogP contribution in [0.2, 0.25) is 0 Å². The number of Topliss-reactive ketones (excluding diaryl/α,β-unsaturated/α-hetero) is 1. The summed E-state index contributed by atoms with van der Waals surface area (Å²) in [5.41, 5.74) is 0.477. The van der Waals surface area contributed by atoms with Crippen molar-refractivity contribution in [3.8, 4) is 5.75 Å². The Morgan fingerprint density at radius 1 is 1.14 bits per heavy atom. The summed E-state index contributed by atoms with van der Waals surface area (Å²) < 4.78 is 10.5. The molecule has 2 aromatic carbocycles. The normalized spacial score (nSPS) is 20.3. The summed E-state index contributed by atoms with van der Waals surface area (Å²) in [6, 6.07) is 11.3. The Morgan fingerprint density at radius 3 is 2.51 bits per heavy atom. The molecule has 1 amide bonds. The summed E-state index contributed by atoms with van der Waals surface area (Å²) in [4.78, 5) is 40.7. The molecule has 0 spiro atoms. The van der Waals surface area contributed by atoms with Gasteiger partial charge in [0, 0.05) is 43.9 Å². The minimum Gasteiger partial charge on any atom is -0.507 e. The number of rotatable bonds is 8. The number of ether oxygens (including phenoxy) is 2. The lowest BCUT2D eigenvalue weighted by Gasteiger charge is -2.29. The Morgan fingerprint density at radius 2 is 1.86 bits per heavy atom. The number of methoxy groups -OCH3 is 1. The van der Waals surface area contributed by atoms with E-state index in [-0.39, 0.29) is 23.6 Å². The van der Waals surface area contributed by atoms with Gasteiger partial charge in [-0.25, -0.2) is 0 Å². The number of nitro groups is 1. The van der Waals surface area contributed by atoms with Gasteiger partial charge in [0.2, 0.25) is 0 Å². The highest BCUT2D eigenvalue weighted by Crippen LogP contribution is 2.40. The number of non-ortho nitro benzene ring substituents is 1. The molecule has 0 radical (unpaired) electrons. The Balaban J connectivity index is 1.70. The molecule has 184 valence electrons. The lowest BCUT2D eigenvalue weighted by Crippen LogP contribution is -2.39. The van der Waals surface area contributed by atoms with Gasteiger partial charge in [-0.2, -0.15) is 0 Å². The number of aliphatic hydroxyl groups is 1. The molecule has 2 aliphatic heterocycles. The summed E-state index contributed by atoms with van der Waals surface area (Å²) in [7, 11) is 1.51. The second-order valence-corrected chi connectivity index (χ2v) is 8.38. The largest absolute Gasteiger partial charge is 0.507 e. The lowest BCUT2D eigenvalue weighted by molar-refractivity contribution is -0.384. The van der Waals surface area contributed by atoms with E-state index in [1.807, 2.05) is 0 Å². The molecule has 2 saturated heterocycles. The average molecular weight is 482 g/mol. The van der Waals surface area contributed by atoms with E-state index in [0.717, 1.165) is 13.1 Å². The smallest absolute Gasteiger partial charge is 0.295 e. The van der Waals surface area contributed by atoms with Gasteiger partial charge in [0.15, 0.2) is 0 Å². The van der Waals surface area contributed by atoms with Gasteiger partial charge in [-0.1, -0.05) is 12.1 Å². The van der Waals surface area contributed by atoms with Crippen molar-refractivity contribution in [1.29, 1.82) is 0 Å². The predicted octanol–water partition coefficient (Wildman–Crippen LogP) is 2.75. The SMILES string of the molecule is COc1ccc(C(O)=C2C(=O)C(=O)N(CCCN3CCOCC3)[C@@H]2c2cccc([N+](=O)[O-])c2)cc1. The average Bonchev–Trinajstić information content (AvgIpc) is 3.14. The molecule has 0 bridgehead atoms. The number of nitrogens with zero attached hydrogens (tertiary/aromatic N) is 3. The number of ketones is 1. The van der Waals surface area contributed by atoms with Crippen molar-refractivity contribution >= 4 is 23.1 Å². The summed E-state index contributed by atoms with van der Waals surface area (Å²) in [6.45, 7) is 3.87. The van der Waals surface area contributed by atoms with Crippen LogP contribution in [0.15, 0.2) is 54.1 Å². The van der Waals surface area contributed by atoms with Gasteiger partial charge in [-0.05, 0) is 36.2 Å². The molecular formula is C25H27N3O7. The molecular weight excluding hydrogens is 454 g/mol. The number of likely N-dealkylation sites (tertiary alicyclic amines) is 1. The third-order valence-electron chi connectivity index (χ3n) is 6.28. The van der Waals surface area contributed by atoms with Crippen LogP contribution in [0.25, 0.3) is 5.76 Å². The van der Waals surface area contributed by atoms with E-state index >= 15 is 0 Å². The molecule has 2 aliphatic rings. The fraction of sp³-hybridized carbons (Fsp3) is 0.360. The monoisotopic (exact) mass is 481 g/mol. The first kappa shape index (κ1) is 24.4. The van der Waals surface area contributed by atoms with Crippen LogP contribution in [-0.2, 0) is 14.3 Å². The van der Waals surface area contributed by atoms with Gasteiger partial charge in [0.1, 0.15) is 11.5 Å². The number of nitro benzene ring substituents is 1. The van der Waals surface area contributed by atoms with E-state index < -0.39 is 22.7 Å². The van der Waals surface area contributed by atoms with Crippen LogP contribution in [0.3, 0.4) is 0 Å². The lowest BCUT2D eigenvalue weighted by atomic mass is 9.95. The van der Waals surface area contributed by atoms with Crippen LogP contribution < -0.4 is 4.74 Å². The summed E-state index contributed by atoms with van der Waals surface area (Å²) in [5, 5.41) is 22.5. The number of carbonyl (C=O) groups excluding carboxylic acids is 2. The van der Waals surface area contributed by atoms with Gasteiger partial charge >= 0.3 is 0 Å². The first-order chi connectivity index (χ1) is 16.9.